The van der Waals surface area contributed by atoms with Gasteiger partial charge in [0, 0.05) is 24.7 Å². The summed E-state index contributed by atoms with van der Waals surface area (Å²) >= 11 is 5.76. The van der Waals surface area contributed by atoms with Crippen molar-refractivity contribution < 1.29 is 24.1 Å². The minimum atomic E-state index is -0.856. The van der Waals surface area contributed by atoms with Gasteiger partial charge in [0.1, 0.15) is 22.7 Å². The number of benzene rings is 2. The van der Waals surface area contributed by atoms with Gasteiger partial charge in [-0.05, 0) is 71.4 Å². The van der Waals surface area contributed by atoms with Crippen molar-refractivity contribution in [1.82, 2.24) is 5.32 Å². The predicted octanol–water partition coefficient (Wildman–Crippen LogP) is 7.04. The van der Waals surface area contributed by atoms with Crippen LogP contribution < -0.4 is 14.8 Å². The lowest BCUT2D eigenvalue weighted by atomic mass is 10.0. The average Bonchev–Trinajstić information content (AvgIpc) is 2.84. The molecular formula is C27H36ClN3O7. The van der Waals surface area contributed by atoms with Gasteiger partial charge in [0.05, 0.1) is 15.4 Å². The second-order valence-electron chi connectivity index (χ2n) is 10.3. The Morgan fingerprint density at radius 2 is 1.47 bits per heavy atom. The molecular weight excluding hydrogens is 514 g/mol. The molecule has 0 fully saturated rings. The highest BCUT2D eigenvalue weighted by atomic mass is 35.5. The van der Waals surface area contributed by atoms with E-state index in [1.807, 2.05) is 45.9 Å². The van der Waals surface area contributed by atoms with Gasteiger partial charge in [-0.3, -0.25) is 25.0 Å². The first kappa shape index (κ1) is 30.8. The summed E-state index contributed by atoms with van der Waals surface area (Å²) in [6.45, 7) is 12.5. The number of aryl methyl sites for hydroxylation is 1. The molecule has 0 aliphatic heterocycles. The molecule has 38 heavy (non-hydrogen) atoms. The molecule has 0 heterocycles. The van der Waals surface area contributed by atoms with Crippen LogP contribution >= 0.6 is 11.6 Å². The van der Waals surface area contributed by atoms with Crippen molar-refractivity contribution in [3.05, 3.63) is 66.7 Å². The lowest BCUT2D eigenvalue weighted by Crippen LogP contribution is -2.28. The van der Waals surface area contributed by atoms with E-state index in [-0.39, 0.29) is 23.3 Å². The van der Waals surface area contributed by atoms with Crippen molar-refractivity contribution in [3.63, 3.8) is 0 Å². The minimum Gasteiger partial charge on any atom is -0.488 e. The quantitative estimate of drug-likeness (QED) is 0.152. The number of nitro groups is 2. The fourth-order valence-corrected chi connectivity index (χ4v) is 3.64. The van der Waals surface area contributed by atoms with Gasteiger partial charge in [-0.1, -0.05) is 31.5 Å². The molecule has 2 aromatic carbocycles. The van der Waals surface area contributed by atoms with E-state index in [1.165, 1.54) is 0 Å². The number of ether oxygens (including phenoxy) is 2. The van der Waals surface area contributed by atoms with E-state index in [0.717, 1.165) is 48.5 Å². The van der Waals surface area contributed by atoms with Crippen molar-refractivity contribution in [2.24, 2.45) is 0 Å². The van der Waals surface area contributed by atoms with Crippen LogP contribution in [0.5, 0.6) is 11.5 Å². The maximum atomic E-state index is 12.5. The highest BCUT2D eigenvalue weighted by Gasteiger charge is 2.27. The number of nitrogens with one attached hydrogen (secondary N) is 1. The first-order chi connectivity index (χ1) is 17.7. The van der Waals surface area contributed by atoms with E-state index >= 15 is 0 Å². The molecule has 0 bridgehead atoms. The Morgan fingerprint density at radius 1 is 0.921 bits per heavy atom. The number of unbranched alkanes of at least 4 members (excludes halogenated alkanes) is 1. The third-order valence-electron chi connectivity index (χ3n) is 6.37. The zero-order valence-corrected chi connectivity index (χ0v) is 23.5. The molecule has 208 valence electrons. The summed E-state index contributed by atoms with van der Waals surface area (Å²) in [4.78, 5) is 33.2. The molecule has 0 radical (unpaired) electrons. The number of halogens is 1. The van der Waals surface area contributed by atoms with Crippen molar-refractivity contribution in [2.75, 3.05) is 6.54 Å². The predicted molar refractivity (Wildman–Crippen MR) is 146 cm³/mol. The zero-order valence-electron chi connectivity index (χ0n) is 22.8. The molecule has 0 atom stereocenters. The summed E-state index contributed by atoms with van der Waals surface area (Å²) < 4.78 is 12.5. The fraction of sp³-hybridized carbons (Fsp3) is 0.519. The van der Waals surface area contributed by atoms with Crippen LogP contribution in [0.1, 0.15) is 83.1 Å². The number of rotatable bonds is 14. The van der Waals surface area contributed by atoms with E-state index in [9.17, 15) is 25.0 Å². The molecule has 0 aromatic heterocycles. The Morgan fingerprint density at radius 3 is 2.00 bits per heavy atom. The summed E-state index contributed by atoms with van der Waals surface area (Å²) in [7, 11) is 0. The van der Waals surface area contributed by atoms with E-state index in [4.69, 9.17) is 21.1 Å². The Balaban J connectivity index is 2.06. The molecule has 11 heteroatoms. The van der Waals surface area contributed by atoms with E-state index in [1.54, 1.807) is 0 Å². The van der Waals surface area contributed by atoms with Crippen molar-refractivity contribution in [3.8, 4) is 11.5 Å². The standard InChI is InChI=1S/C27H36ClN3O7/c1-7-26(3,4)37-20-13-12-18(23(17-20)38-27(5,6)8-2)11-9-10-14-29-25(32)19-15-21(30(33)34)24(28)22(16-19)31(35)36/h12-13,15-17H,7-11,14H2,1-6H3,(H,29,32). The SMILES string of the molecule is CCC(C)(C)Oc1ccc(CCCCNC(=O)c2cc([N+](=O)[O-])c(Cl)c([N+](=O)[O-])c2)c(OC(C)(C)CC)c1. The number of hydrogen-bond acceptors (Lipinski definition) is 7. The van der Waals surface area contributed by atoms with Gasteiger partial charge in [-0.2, -0.15) is 0 Å². The van der Waals surface area contributed by atoms with Gasteiger partial charge in [0.15, 0.2) is 5.02 Å². The second kappa shape index (κ2) is 12.9. The first-order valence-corrected chi connectivity index (χ1v) is 13.0. The molecule has 0 saturated heterocycles. The average molecular weight is 550 g/mol. The van der Waals surface area contributed by atoms with Crippen LogP contribution in [0.2, 0.25) is 5.02 Å². The van der Waals surface area contributed by atoms with Gasteiger partial charge < -0.3 is 14.8 Å². The molecule has 1 amide bonds. The van der Waals surface area contributed by atoms with Crippen LogP contribution in [0.25, 0.3) is 0 Å². The molecule has 2 rings (SSSR count). The second-order valence-corrected chi connectivity index (χ2v) is 10.6. The fourth-order valence-electron chi connectivity index (χ4n) is 3.40. The summed E-state index contributed by atoms with van der Waals surface area (Å²) in [5.41, 5.74) is -1.22. The summed E-state index contributed by atoms with van der Waals surface area (Å²) in [6, 6.07) is 7.72. The number of hydrogen-bond donors (Lipinski definition) is 1. The maximum absolute atomic E-state index is 12.5. The Hall–Kier alpha value is -3.40. The van der Waals surface area contributed by atoms with E-state index < -0.39 is 32.2 Å². The molecule has 0 aliphatic rings. The highest BCUT2D eigenvalue weighted by Crippen LogP contribution is 2.35. The lowest BCUT2D eigenvalue weighted by molar-refractivity contribution is -0.393. The molecule has 0 unspecified atom stereocenters. The summed E-state index contributed by atoms with van der Waals surface area (Å²) in [5.74, 6) is 0.841. The third kappa shape index (κ3) is 8.58. The molecule has 0 saturated carbocycles. The molecule has 2 aromatic rings. The smallest absolute Gasteiger partial charge is 0.295 e. The molecule has 0 aliphatic carbocycles. The van der Waals surface area contributed by atoms with Gasteiger partial charge >= 0.3 is 0 Å². The summed E-state index contributed by atoms with van der Waals surface area (Å²) in [6.07, 6.45) is 3.71. The number of nitro benzene ring substituents is 2. The zero-order chi connectivity index (χ0) is 28.7. The maximum Gasteiger partial charge on any atom is 0.295 e. The highest BCUT2D eigenvalue weighted by molar-refractivity contribution is 6.35. The monoisotopic (exact) mass is 549 g/mol. The largest absolute Gasteiger partial charge is 0.488 e. The molecule has 1 N–H and O–H groups in total. The van der Waals surface area contributed by atoms with Crippen molar-refractivity contribution in [2.45, 2.75) is 84.8 Å². The lowest BCUT2D eigenvalue weighted by Gasteiger charge is -2.29. The molecule has 10 nitrogen and oxygen atoms in total. The summed E-state index contributed by atoms with van der Waals surface area (Å²) in [5, 5.41) is 24.4. The molecule has 0 spiro atoms. The Bertz CT molecular complexity index is 1150. The van der Waals surface area contributed by atoms with Crippen LogP contribution in [0.15, 0.2) is 30.3 Å². The minimum absolute atomic E-state index is 0.198. The third-order valence-corrected chi connectivity index (χ3v) is 6.76. The van der Waals surface area contributed by atoms with Crippen LogP contribution in [0.3, 0.4) is 0 Å². The normalized spacial score (nSPS) is 11.7. The van der Waals surface area contributed by atoms with Crippen LogP contribution in [-0.4, -0.2) is 33.5 Å². The number of carbonyl (C=O) groups excluding carboxylic acids is 1. The Labute approximate surface area is 228 Å². The Kier molecular flexibility index (Phi) is 10.5. The van der Waals surface area contributed by atoms with Crippen LogP contribution in [-0.2, 0) is 6.42 Å². The van der Waals surface area contributed by atoms with Gasteiger partial charge in [-0.15, -0.1) is 0 Å². The van der Waals surface area contributed by atoms with Crippen molar-refractivity contribution >= 4 is 28.9 Å². The van der Waals surface area contributed by atoms with Crippen molar-refractivity contribution in [1.29, 1.82) is 0 Å². The van der Waals surface area contributed by atoms with Gasteiger partial charge in [-0.25, -0.2) is 0 Å². The first-order valence-electron chi connectivity index (χ1n) is 12.6. The number of nitrogens with zero attached hydrogens (tertiary/aromatic N) is 2. The van der Waals surface area contributed by atoms with E-state index in [0.29, 0.717) is 12.8 Å². The number of amides is 1. The topological polar surface area (TPSA) is 134 Å². The van der Waals surface area contributed by atoms with Crippen LogP contribution in [0.4, 0.5) is 11.4 Å². The van der Waals surface area contributed by atoms with E-state index in [2.05, 4.69) is 19.2 Å². The number of carbonyl (C=O) groups is 1. The van der Waals surface area contributed by atoms with Crippen LogP contribution in [0, 0.1) is 20.2 Å². The van der Waals surface area contributed by atoms with Gasteiger partial charge in [0.2, 0.25) is 0 Å². The van der Waals surface area contributed by atoms with Gasteiger partial charge in [0.25, 0.3) is 17.3 Å².